The zero-order chi connectivity index (χ0) is 21.7. The van der Waals surface area contributed by atoms with Gasteiger partial charge in [-0.05, 0) is 61.0 Å². The molecule has 6 nitrogen and oxygen atoms in total. The number of nitrogens with one attached hydrogen (secondary N) is 2. The van der Waals surface area contributed by atoms with Crippen LogP contribution in [0.5, 0.6) is 5.75 Å². The number of hydrogen-bond acceptors (Lipinski definition) is 4. The summed E-state index contributed by atoms with van der Waals surface area (Å²) in [5.41, 5.74) is 2.10. The van der Waals surface area contributed by atoms with Crippen LogP contribution >= 0.6 is 0 Å². The third-order valence-electron chi connectivity index (χ3n) is 4.54. The molecule has 0 aliphatic rings. The Bertz CT molecular complexity index is 1040. The molecule has 0 aliphatic carbocycles. The second-order valence-electron chi connectivity index (χ2n) is 7.60. The molecule has 0 heterocycles. The van der Waals surface area contributed by atoms with Gasteiger partial charge in [-0.25, -0.2) is 0 Å². The molecule has 0 spiro atoms. The SMILES string of the molecule is CC(C)NC(=O)COc1cc2ccccc2cc1C(=O)Nc1ccc(N(C)C)cc1. The lowest BCUT2D eigenvalue weighted by Gasteiger charge is -2.15. The number of ether oxygens (including phenoxy) is 1. The number of amides is 2. The van der Waals surface area contributed by atoms with Crippen molar-refractivity contribution in [3.63, 3.8) is 0 Å². The lowest BCUT2D eigenvalue weighted by molar-refractivity contribution is -0.123. The highest BCUT2D eigenvalue weighted by Crippen LogP contribution is 2.27. The van der Waals surface area contributed by atoms with Crippen molar-refractivity contribution in [2.45, 2.75) is 19.9 Å². The van der Waals surface area contributed by atoms with Crippen LogP contribution in [0.25, 0.3) is 10.8 Å². The van der Waals surface area contributed by atoms with Gasteiger partial charge in [-0.15, -0.1) is 0 Å². The summed E-state index contributed by atoms with van der Waals surface area (Å²) in [6.07, 6.45) is 0. The summed E-state index contributed by atoms with van der Waals surface area (Å²) in [4.78, 5) is 27.0. The summed E-state index contributed by atoms with van der Waals surface area (Å²) in [5, 5.41) is 7.55. The number of hydrogen-bond donors (Lipinski definition) is 2. The Balaban J connectivity index is 1.86. The molecule has 6 heteroatoms. The van der Waals surface area contributed by atoms with Crippen molar-refractivity contribution in [3.05, 3.63) is 66.2 Å². The Kier molecular flexibility index (Phi) is 6.57. The summed E-state index contributed by atoms with van der Waals surface area (Å²) >= 11 is 0. The molecule has 0 aromatic heterocycles. The molecule has 30 heavy (non-hydrogen) atoms. The first-order chi connectivity index (χ1) is 14.3. The van der Waals surface area contributed by atoms with Crippen LogP contribution in [-0.4, -0.2) is 38.6 Å². The van der Waals surface area contributed by atoms with Crippen LogP contribution in [0.3, 0.4) is 0 Å². The first kappa shape index (κ1) is 21.2. The molecule has 2 amide bonds. The van der Waals surface area contributed by atoms with Gasteiger partial charge in [-0.2, -0.15) is 0 Å². The Morgan fingerprint density at radius 1 is 0.967 bits per heavy atom. The fraction of sp³-hybridized carbons (Fsp3) is 0.250. The van der Waals surface area contributed by atoms with Gasteiger partial charge < -0.3 is 20.3 Å². The third-order valence-corrected chi connectivity index (χ3v) is 4.54. The molecular weight excluding hydrogens is 378 g/mol. The molecule has 156 valence electrons. The highest BCUT2D eigenvalue weighted by Gasteiger charge is 2.16. The lowest BCUT2D eigenvalue weighted by atomic mass is 10.1. The smallest absolute Gasteiger partial charge is 0.259 e. The van der Waals surface area contributed by atoms with E-state index in [1.807, 2.05) is 81.4 Å². The fourth-order valence-corrected chi connectivity index (χ4v) is 3.06. The molecule has 0 saturated carbocycles. The van der Waals surface area contributed by atoms with E-state index in [1.165, 1.54) is 0 Å². The van der Waals surface area contributed by atoms with E-state index in [4.69, 9.17) is 4.74 Å². The van der Waals surface area contributed by atoms with Gasteiger partial charge >= 0.3 is 0 Å². The molecule has 3 aromatic carbocycles. The minimum Gasteiger partial charge on any atom is -0.483 e. The van der Waals surface area contributed by atoms with Crippen molar-refractivity contribution < 1.29 is 14.3 Å². The van der Waals surface area contributed by atoms with Crippen LogP contribution in [-0.2, 0) is 4.79 Å². The van der Waals surface area contributed by atoms with E-state index in [2.05, 4.69) is 10.6 Å². The van der Waals surface area contributed by atoms with Gasteiger partial charge in [0.1, 0.15) is 5.75 Å². The van der Waals surface area contributed by atoms with Crippen LogP contribution in [0.4, 0.5) is 11.4 Å². The minimum atomic E-state index is -0.294. The molecule has 0 fully saturated rings. The van der Waals surface area contributed by atoms with Gasteiger partial charge in [0.2, 0.25) is 0 Å². The van der Waals surface area contributed by atoms with E-state index < -0.39 is 0 Å². The molecule has 3 aromatic rings. The van der Waals surface area contributed by atoms with Crippen LogP contribution in [0, 0.1) is 0 Å². The molecule has 0 unspecified atom stereocenters. The van der Waals surface area contributed by atoms with Crippen molar-refractivity contribution >= 4 is 34.0 Å². The molecular formula is C24H27N3O3. The van der Waals surface area contributed by atoms with E-state index in [0.29, 0.717) is 17.0 Å². The molecule has 0 radical (unpaired) electrons. The van der Waals surface area contributed by atoms with Crippen molar-refractivity contribution in [3.8, 4) is 5.75 Å². The predicted molar refractivity (Wildman–Crippen MR) is 121 cm³/mol. The highest BCUT2D eigenvalue weighted by molar-refractivity contribution is 6.08. The fourth-order valence-electron chi connectivity index (χ4n) is 3.06. The number of carbonyl (C=O) groups is 2. The molecule has 0 bridgehead atoms. The lowest BCUT2D eigenvalue weighted by Crippen LogP contribution is -2.34. The third kappa shape index (κ3) is 5.29. The summed E-state index contributed by atoms with van der Waals surface area (Å²) in [7, 11) is 3.92. The Labute approximate surface area is 176 Å². The number of benzene rings is 3. The van der Waals surface area contributed by atoms with E-state index in [1.54, 1.807) is 12.1 Å². The topological polar surface area (TPSA) is 70.7 Å². The Morgan fingerprint density at radius 2 is 1.60 bits per heavy atom. The molecule has 2 N–H and O–H groups in total. The Morgan fingerprint density at radius 3 is 2.20 bits per heavy atom. The maximum atomic E-state index is 13.0. The van der Waals surface area contributed by atoms with E-state index >= 15 is 0 Å². The number of nitrogens with zero attached hydrogens (tertiary/aromatic N) is 1. The monoisotopic (exact) mass is 405 g/mol. The summed E-state index contributed by atoms with van der Waals surface area (Å²) in [6, 6.07) is 18.9. The number of anilines is 2. The van der Waals surface area contributed by atoms with Gasteiger partial charge in [0.25, 0.3) is 11.8 Å². The molecule has 3 rings (SSSR count). The average molecular weight is 405 g/mol. The van der Waals surface area contributed by atoms with Gasteiger partial charge in [0.15, 0.2) is 6.61 Å². The standard InChI is InChI=1S/C24H27N3O3/c1-16(2)25-23(28)15-30-22-14-18-8-6-5-7-17(18)13-21(22)24(29)26-19-9-11-20(12-10-19)27(3)4/h5-14,16H,15H2,1-4H3,(H,25,28)(H,26,29). The zero-order valence-electron chi connectivity index (χ0n) is 17.7. The van der Waals surface area contributed by atoms with Crippen LogP contribution in [0.15, 0.2) is 60.7 Å². The average Bonchev–Trinajstić information content (AvgIpc) is 2.71. The highest BCUT2D eigenvalue weighted by atomic mass is 16.5. The zero-order valence-corrected chi connectivity index (χ0v) is 17.7. The predicted octanol–water partition coefficient (Wildman–Crippen LogP) is 4.06. The number of carbonyl (C=O) groups excluding carboxylic acids is 2. The van der Waals surface area contributed by atoms with E-state index in [9.17, 15) is 9.59 Å². The molecule has 0 aliphatic heterocycles. The largest absolute Gasteiger partial charge is 0.483 e. The van der Waals surface area contributed by atoms with Gasteiger partial charge in [-0.1, -0.05) is 24.3 Å². The first-order valence-corrected chi connectivity index (χ1v) is 9.87. The first-order valence-electron chi connectivity index (χ1n) is 9.87. The molecule has 0 saturated heterocycles. The minimum absolute atomic E-state index is 0.0191. The van der Waals surface area contributed by atoms with Gasteiger partial charge in [-0.3, -0.25) is 9.59 Å². The van der Waals surface area contributed by atoms with Crippen molar-refractivity contribution in [1.29, 1.82) is 0 Å². The van der Waals surface area contributed by atoms with Crippen molar-refractivity contribution in [2.24, 2.45) is 0 Å². The van der Waals surface area contributed by atoms with Gasteiger partial charge in [0.05, 0.1) is 5.56 Å². The van der Waals surface area contributed by atoms with Crippen LogP contribution in [0.2, 0.25) is 0 Å². The number of fused-ring (bicyclic) bond motifs is 1. The number of rotatable bonds is 7. The van der Waals surface area contributed by atoms with E-state index in [0.717, 1.165) is 16.5 Å². The van der Waals surface area contributed by atoms with Crippen molar-refractivity contribution in [2.75, 3.05) is 30.9 Å². The Hall–Kier alpha value is -3.54. The quantitative estimate of drug-likeness (QED) is 0.622. The van der Waals surface area contributed by atoms with E-state index in [-0.39, 0.29) is 24.5 Å². The summed E-state index contributed by atoms with van der Waals surface area (Å²) in [6.45, 7) is 3.61. The van der Waals surface area contributed by atoms with Crippen LogP contribution in [0.1, 0.15) is 24.2 Å². The maximum absolute atomic E-state index is 13.0. The summed E-state index contributed by atoms with van der Waals surface area (Å²) in [5.74, 6) is -0.156. The van der Waals surface area contributed by atoms with Crippen LogP contribution < -0.4 is 20.3 Å². The second kappa shape index (κ2) is 9.31. The van der Waals surface area contributed by atoms with Gasteiger partial charge in [0, 0.05) is 31.5 Å². The normalized spacial score (nSPS) is 10.7. The molecule has 0 atom stereocenters. The summed E-state index contributed by atoms with van der Waals surface area (Å²) < 4.78 is 5.74. The van der Waals surface area contributed by atoms with Crippen molar-refractivity contribution in [1.82, 2.24) is 5.32 Å². The second-order valence-corrected chi connectivity index (χ2v) is 7.60. The maximum Gasteiger partial charge on any atom is 0.259 e.